The Morgan fingerprint density at radius 3 is 1.61 bits per heavy atom. The molecule has 6 nitrogen and oxygen atoms in total. The Labute approximate surface area is 185 Å². The molecule has 31 heavy (non-hydrogen) atoms. The minimum Gasteiger partial charge on any atom is -0.378 e. The van der Waals surface area contributed by atoms with Crippen molar-refractivity contribution in [2.24, 2.45) is 5.73 Å². The molecule has 0 bridgehead atoms. The molecule has 0 saturated heterocycles. The van der Waals surface area contributed by atoms with Crippen molar-refractivity contribution >= 4 is 21.4 Å². The number of sulfonamides is 1. The van der Waals surface area contributed by atoms with E-state index in [-0.39, 0.29) is 4.90 Å². The minimum absolute atomic E-state index is 0.208. The van der Waals surface area contributed by atoms with Crippen LogP contribution in [0.4, 0.5) is 11.4 Å². The van der Waals surface area contributed by atoms with E-state index in [0.29, 0.717) is 0 Å². The maximum atomic E-state index is 13.1. The van der Waals surface area contributed by atoms with Gasteiger partial charge in [-0.1, -0.05) is 42.5 Å². The van der Waals surface area contributed by atoms with Gasteiger partial charge in [-0.05, 0) is 47.5 Å². The van der Waals surface area contributed by atoms with Crippen molar-refractivity contribution in [3.8, 4) is 0 Å². The Bertz CT molecular complexity index is 1080. The van der Waals surface area contributed by atoms with Gasteiger partial charge >= 0.3 is 0 Å². The molecule has 0 aliphatic carbocycles. The SMILES string of the molecule is CN(C)c1ccc([C@H](N)[C@@H](NS(=O)(=O)c2ccccc2)c2ccc(N(C)C)cc2)cc1. The van der Waals surface area contributed by atoms with Crippen LogP contribution in [-0.4, -0.2) is 36.6 Å². The average molecular weight is 439 g/mol. The van der Waals surface area contributed by atoms with E-state index in [1.165, 1.54) is 0 Å². The zero-order valence-corrected chi connectivity index (χ0v) is 19.2. The Morgan fingerprint density at radius 2 is 1.16 bits per heavy atom. The second-order valence-electron chi connectivity index (χ2n) is 7.91. The highest BCUT2D eigenvalue weighted by Gasteiger charge is 2.27. The summed E-state index contributed by atoms with van der Waals surface area (Å²) in [5, 5.41) is 0. The molecule has 0 amide bonds. The maximum Gasteiger partial charge on any atom is 0.241 e. The lowest BCUT2D eigenvalue weighted by Crippen LogP contribution is -2.36. The molecule has 3 rings (SSSR count). The van der Waals surface area contributed by atoms with Crippen LogP contribution < -0.4 is 20.3 Å². The fraction of sp³-hybridized carbons (Fsp3) is 0.250. The van der Waals surface area contributed by atoms with E-state index < -0.39 is 22.1 Å². The first-order valence-electron chi connectivity index (χ1n) is 10.1. The van der Waals surface area contributed by atoms with Gasteiger partial charge in [0.2, 0.25) is 10.0 Å². The zero-order valence-electron chi connectivity index (χ0n) is 18.4. The third-order valence-corrected chi connectivity index (χ3v) is 6.71. The first kappa shape index (κ1) is 22.8. The molecule has 0 aliphatic heterocycles. The Balaban J connectivity index is 1.99. The Morgan fingerprint density at radius 1 is 0.710 bits per heavy atom. The molecule has 0 fully saturated rings. The summed E-state index contributed by atoms with van der Waals surface area (Å²) in [5.41, 5.74) is 10.4. The van der Waals surface area contributed by atoms with E-state index in [2.05, 4.69) is 4.72 Å². The smallest absolute Gasteiger partial charge is 0.241 e. The van der Waals surface area contributed by atoms with Crippen LogP contribution in [0, 0.1) is 0 Å². The molecule has 164 valence electrons. The Kier molecular flexibility index (Phi) is 7.00. The fourth-order valence-electron chi connectivity index (χ4n) is 3.35. The van der Waals surface area contributed by atoms with Crippen LogP contribution in [0.1, 0.15) is 23.2 Å². The van der Waals surface area contributed by atoms with Gasteiger partial charge in [-0.2, -0.15) is 0 Å². The van der Waals surface area contributed by atoms with Crippen LogP contribution >= 0.6 is 0 Å². The van der Waals surface area contributed by atoms with Crippen molar-refractivity contribution in [2.45, 2.75) is 17.0 Å². The largest absolute Gasteiger partial charge is 0.378 e. The zero-order chi connectivity index (χ0) is 22.6. The van der Waals surface area contributed by atoms with E-state index >= 15 is 0 Å². The molecule has 3 N–H and O–H groups in total. The summed E-state index contributed by atoms with van der Waals surface area (Å²) in [6, 6.07) is 22.7. The standard InChI is InChI=1S/C24H30N4O2S/c1-27(2)20-14-10-18(11-15-20)23(25)24(19-12-16-21(17-13-19)28(3)4)26-31(29,30)22-8-6-5-7-9-22/h5-17,23-24,26H,25H2,1-4H3/t23-,24-/m0/s1. The predicted molar refractivity (Wildman–Crippen MR) is 128 cm³/mol. The molecule has 0 aliphatic rings. The number of nitrogens with one attached hydrogen (secondary N) is 1. The number of rotatable bonds is 8. The lowest BCUT2D eigenvalue weighted by Gasteiger charge is -2.27. The molecule has 0 radical (unpaired) electrons. The van der Waals surface area contributed by atoms with Crippen LogP contribution in [0.5, 0.6) is 0 Å². The highest BCUT2D eigenvalue weighted by molar-refractivity contribution is 7.89. The summed E-state index contributed by atoms with van der Waals surface area (Å²) in [7, 11) is 4.11. The summed E-state index contributed by atoms with van der Waals surface area (Å²) in [6.07, 6.45) is 0. The normalized spacial score (nSPS) is 13.5. The number of hydrogen-bond donors (Lipinski definition) is 2. The lowest BCUT2D eigenvalue weighted by molar-refractivity contribution is 0.504. The van der Waals surface area contributed by atoms with Gasteiger partial charge in [-0.15, -0.1) is 0 Å². The summed E-state index contributed by atoms with van der Waals surface area (Å²) < 4.78 is 29.0. The number of nitrogens with zero attached hydrogens (tertiary/aromatic N) is 2. The van der Waals surface area contributed by atoms with Gasteiger partial charge in [0, 0.05) is 39.6 Å². The molecule has 0 unspecified atom stereocenters. The maximum absolute atomic E-state index is 13.1. The number of benzene rings is 3. The van der Waals surface area contributed by atoms with Crippen molar-refractivity contribution in [3.63, 3.8) is 0 Å². The van der Waals surface area contributed by atoms with Gasteiger partial charge in [0.25, 0.3) is 0 Å². The molecule has 7 heteroatoms. The Hall–Kier alpha value is -2.87. The van der Waals surface area contributed by atoms with E-state index in [1.54, 1.807) is 30.3 Å². The van der Waals surface area contributed by atoms with Crippen molar-refractivity contribution in [2.75, 3.05) is 38.0 Å². The molecule has 0 saturated carbocycles. The summed E-state index contributed by atoms with van der Waals surface area (Å²) >= 11 is 0. The fourth-order valence-corrected chi connectivity index (χ4v) is 4.62. The van der Waals surface area contributed by atoms with Crippen LogP contribution in [-0.2, 0) is 10.0 Å². The van der Waals surface area contributed by atoms with Crippen LogP contribution in [0.3, 0.4) is 0 Å². The van der Waals surface area contributed by atoms with Crippen molar-refractivity contribution in [1.29, 1.82) is 0 Å². The highest BCUT2D eigenvalue weighted by atomic mass is 32.2. The molecule has 0 heterocycles. The monoisotopic (exact) mass is 438 g/mol. The van der Waals surface area contributed by atoms with E-state index in [9.17, 15) is 8.42 Å². The summed E-state index contributed by atoms with van der Waals surface area (Å²) in [4.78, 5) is 4.21. The quantitative estimate of drug-likeness (QED) is 0.562. The molecule has 3 aromatic carbocycles. The third kappa shape index (κ3) is 5.44. The molecular weight excluding hydrogens is 408 g/mol. The van der Waals surface area contributed by atoms with Crippen molar-refractivity contribution in [3.05, 3.63) is 90.0 Å². The first-order valence-corrected chi connectivity index (χ1v) is 11.5. The van der Waals surface area contributed by atoms with Gasteiger partial charge < -0.3 is 15.5 Å². The second kappa shape index (κ2) is 9.51. The molecule has 2 atom stereocenters. The van der Waals surface area contributed by atoms with Gasteiger partial charge in [-0.3, -0.25) is 0 Å². The van der Waals surface area contributed by atoms with Crippen molar-refractivity contribution in [1.82, 2.24) is 4.72 Å². The molecule has 0 spiro atoms. The van der Waals surface area contributed by atoms with E-state index in [1.807, 2.05) is 86.5 Å². The number of hydrogen-bond acceptors (Lipinski definition) is 5. The third-order valence-electron chi connectivity index (χ3n) is 5.26. The molecule has 0 aromatic heterocycles. The van der Waals surface area contributed by atoms with E-state index in [4.69, 9.17) is 5.73 Å². The topological polar surface area (TPSA) is 78.7 Å². The van der Waals surface area contributed by atoms with Crippen molar-refractivity contribution < 1.29 is 8.42 Å². The summed E-state index contributed by atoms with van der Waals surface area (Å²) in [6.45, 7) is 0. The van der Waals surface area contributed by atoms with Crippen LogP contribution in [0.25, 0.3) is 0 Å². The number of nitrogens with two attached hydrogens (primary N) is 1. The van der Waals surface area contributed by atoms with E-state index in [0.717, 1.165) is 22.5 Å². The second-order valence-corrected chi connectivity index (χ2v) is 9.62. The first-order chi connectivity index (χ1) is 14.7. The van der Waals surface area contributed by atoms with Gasteiger partial charge in [-0.25, -0.2) is 13.1 Å². The van der Waals surface area contributed by atoms with Crippen LogP contribution in [0.2, 0.25) is 0 Å². The van der Waals surface area contributed by atoms with Gasteiger partial charge in [0.1, 0.15) is 0 Å². The van der Waals surface area contributed by atoms with Gasteiger partial charge in [0.15, 0.2) is 0 Å². The summed E-state index contributed by atoms with van der Waals surface area (Å²) in [5.74, 6) is 0. The van der Waals surface area contributed by atoms with Gasteiger partial charge in [0.05, 0.1) is 17.0 Å². The van der Waals surface area contributed by atoms with Crippen LogP contribution in [0.15, 0.2) is 83.8 Å². The molecule has 3 aromatic rings. The molecular formula is C24H30N4O2S. The minimum atomic E-state index is -3.76. The lowest BCUT2D eigenvalue weighted by atomic mass is 9.94. The number of anilines is 2. The predicted octanol–water partition coefficient (Wildman–Crippen LogP) is 3.54. The average Bonchev–Trinajstić information content (AvgIpc) is 2.78. The highest BCUT2D eigenvalue weighted by Crippen LogP contribution is 2.31.